The quantitative estimate of drug-likeness (QED) is 0.494. The van der Waals surface area contributed by atoms with Crippen molar-refractivity contribution >= 4 is 0 Å². The Kier molecular flexibility index (Phi) is 8.67. The van der Waals surface area contributed by atoms with Gasteiger partial charge in [-0.1, -0.05) is 12.1 Å². The van der Waals surface area contributed by atoms with Gasteiger partial charge >= 0.3 is 0 Å². The molecule has 0 aliphatic rings. The van der Waals surface area contributed by atoms with Crippen LogP contribution < -0.4 is 23.7 Å². The lowest BCUT2D eigenvalue weighted by molar-refractivity contribution is 0.0520. The standard InChI is InChI=1S/C20H26O8/c1-24-17-5-3-4-6-19(17)27-13-15(23)12-26-16-7-8-18(25-2)20(9-16)28-11-14(22)10-21/h3-9,14-15,21-23H,10-13H2,1-2H3/t14-,15+/m0/s1. The smallest absolute Gasteiger partial charge is 0.164 e. The highest BCUT2D eigenvalue weighted by Crippen LogP contribution is 2.31. The molecule has 2 atom stereocenters. The number of hydrogen-bond acceptors (Lipinski definition) is 8. The fraction of sp³-hybridized carbons (Fsp3) is 0.400. The largest absolute Gasteiger partial charge is 0.493 e. The van der Waals surface area contributed by atoms with Crippen LogP contribution in [0.4, 0.5) is 0 Å². The Morgan fingerprint density at radius 2 is 1.29 bits per heavy atom. The molecule has 2 rings (SSSR count). The lowest BCUT2D eigenvalue weighted by Gasteiger charge is -2.17. The van der Waals surface area contributed by atoms with E-state index >= 15 is 0 Å². The highest BCUT2D eigenvalue weighted by molar-refractivity contribution is 5.45. The first-order chi connectivity index (χ1) is 13.6. The molecule has 28 heavy (non-hydrogen) atoms. The fourth-order valence-electron chi connectivity index (χ4n) is 2.26. The maximum Gasteiger partial charge on any atom is 0.164 e. The summed E-state index contributed by atoms with van der Waals surface area (Å²) in [6.45, 7) is -0.467. The number of rotatable bonds is 12. The molecule has 8 heteroatoms. The van der Waals surface area contributed by atoms with Crippen LogP contribution in [0, 0.1) is 0 Å². The van der Waals surface area contributed by atoms with Crippen LogP contribution >= 0.6 is 0 Å². The zero-order chi connectivity index (χ0) is 20.4. The van der Waals surface area contributed by atoms with Gasteiger partial charge in [0.05, 0.1) is 20.8 Å². The Morgan fingerprint density at radius 1 is 0.714 bits per heavy atom. The van der Waals surface area contributed by atoms with Gasteiger partial charge in [-0.2, -0.15) is 0 Å². The molecule has 0 saturated heterocycles. The summed E-state index contributed by atoms with van der Waals surface area (Å²) < 4.78 is 27.0. The van der Waals surface area contributed by atoms with E-state index in [1.54, 1.807) is 37.4 Å². The summed E-state index contributed by atoms with van der Waals surface area (Å²) in [7, 11) is 3.04. The van der Waals surface area contributed by atoms with Gasteiger partial charge < -0.3 is 39.0 Å². The number of para-hydroxylation sites is 2. The van der Waals surface area contributed by atoms with Crippen LogP contribution in [-0.2, 0) is 0 Å². The molecule has 0 aliphatic heterocycles. The summed E-state index contributed by atoms with van der Waals surface area (Å²) in [6, 6.07) is 12.1. The van der Waals surface area contributed by atoms with Crippen LogP contribution in [0.15, 0.2) is 42.5 Å². The van der Waals surface area contributed by atoms with E-state index in [9.17, 15) is 10.2 Å². The van der Waals surface area contributed by atoms with Crippen molar-refractivity contribution in [1.29, 1.82) is 0 Å². The molecule has 0 amide bonds. The summed E-state index contributed by atoms with van der Waals surface area (Å²) >= 11 is 0. The summed E-state index contributed by atoms with van der Waals surface area (Å²) in [6.07, 6.45) is -1.86. The molecule has 0 heterocycles. The summed E-state index contributed by atoms with van der Waals surface area (Å²) in [5.41, 5.74) is 0. The molecular weight excluding hydrogens is 368 g/mol. The van der Waals surface area contributed by atoms with Gasteiger partial charge in [-0.15, -0.1) is 0 Å². The molecule has 0 aliphatic carbocycles. The molecule has 0 radical (unpaired) electrons. The van der Waals surface area contributed by atoms with E-state index in [0.29, 0.717) is 28.7 Å². The molecule has 0 fully saturated rings. The topological polar surface area (TPSA) is 107 Å². The Hall–Kier alpha value is -2.68. The molecule has 0 bridgehead atoms. The van der Waals surface area contributed by atoms with Gasteiger partial charge in [0.1, 0.15) is 37.8 Å². The molecular formula is C20H26O8. The number of hydrogen-bond donors (Lipinski definition) is 3. The predicted octanol–water partition coefficient (Wildman–Crippen LogP) is 1.25. The van der Waals surface area contributed by atoms with E-state index in [1.807, 2.05) is 12.1 Å². The van der Waals surface area contributed by atoms with Crippen molar-refractivity contribution in [1.82, 2.24) is 0 Å². The van der Waals surface area contributed by atoms with Gasteiger partial charge in [-0.05, 0) is 24.3 Å². The first-order valence-corrected chi connectivity index (χ1v) is 8.73. The maximum atomic E-state index is 10.1. The third-order valence-electron chi connectivity index (χ3n) is 3.72. The Balaban J connectivity index is 1.88. The molecule has 0 spiro atoms. The lowest BCUT2D eigenvalue weighted by atomic mass is 10.3. The van der Waals surface area contributed by atoms with E-state index < -0.39 is 18.8 Å². The van der Waals surface area contributed by atoms with Gasteiger partial charge in [-0.25, -0.2) is 0 Å². The van der Waals surface area contributed by atoms with Crippen LogP contribution in [0.3, 0.4) is 0 Å². The molecule has 0 unspecified atom stereocenters. The maximum absolute atomic E-state index is 10.1. The SMILES string of the molecule is COc1ccccc1OC[C@H](O)COc1ccc(OC)c(OC[C@@H](O)CO)c1. The van der Waals surface area contributed by atoms with E-state index in [1.165, 1.54) is 7.11 Å². The molecule has 8 nitrogen and oxygen atoms in total. The van der Waals surface area contributed by atoms with Gasteiger partial charge in [0, 0.05) is 6.07 Å². The summed E-state index contributed by atoms with van der Waals surface area (Å²) in [4.78, 5) is 0. The van der Waals surface area contributed by atoms with Crippen LogP contribution in [0.5, 0.6) is 28.7 Å². The summed E-state index contributed by atoms with van der Waals surface area (Å²) in [5, 5.41) is 28.4. The average molecular weight is 394 g/mol. The number of aliphatic hydroxyl groups is 3. The van der Waals surface area contributed by atoms with Crippen molar-refractivity contribution in [2.24, 2.45) is 0 Å². The van der Waals surface area contributed by atoms with Gasteiger partial charge in [0.2, 0.25) is 0 Å². The van der Waals surface area contributed by atoms with Crippen LogP contribution in [0.25, 0.3) is 0 Å². The van der Waals surface area contributed by atoms with Gasteiger partial charge in [0.15, 0.2) is 23.0 Å². The van der Waals surface area contributed by atoms with Crippen molar-refractivity contribution in [3.63, 3.8) is 0 Å². The van der Waals surface area contributed by atoms with E-state index in [4.69, 9.17) is 28.8 Å². The van der Waals surface area contributed by atoms with Crippen molar-refractivity contribution in [2.45, 2.75) is 12.2 Å². The highest BCUT2D eigenvalue weighted by atomic mass is 16.5. The molecule has 0 saturated carbocycles. The first kappa shape index (κ1) is 21.6. The Bertz CT molecular complexity index is 721. The summed E-state index contributed by atoms with van der Waals surface area (Å²) in [5.74, 6) is 2.37. The van der Waals surface area contributed by atoms with Crippen LogP contribution in [-0.4, -0.2) is 68.2 Å². The van der Waals surface area contributed by atoms with Crippen molar-refractivity contribution in [3.05, 3.63) is 42.5 Å². The van der Waals surface area contributed by atoms with Crippen LogP contribution in [0.1, 0.15) is 0 Å². The fourth-order valence-corrected chi connectivity index (χ4v) is 2.26. The third kappa shape index (κ3) is 6.49. The molecule has 2 aromatic carbocycles. The molecule has 3 N–H and O–H groups in total. The van der Waals surface area contributed by atoms with E-state index in [2.05, 4.69) is 0 Å². The monoisotopic (exact) mass is 394 g/mol. The number of methoxy groups -OCH3 is 2. The minimum absolute atomic E-state index is 0.000181. The minimum atomic E-state index is -0.997. The van der Waals surface area contributed by atoms with Gasteiger partial charge in [0.25, 0.3) is 0 Å². The van der Waals surface area contributed by atoms with E-state index in [-0.39, 0.29) is 19.8 Å². The average Bonchev–Trinajstić information content (AvgIpc) is 2.74. The minimum Gasteiger partial charge on any atom is -0.493 e. The second-order valence-electron chi connectivity index (χ2n) is 5.89. The second-order valence-corrected chi connectivity index (χ2v) is 5.89. The van der Waals surface area contributed by atoms with Crippen molar-refractivity contribution in [3.8, 4) is 28.7 Å². The lowest BCUT2D eigenvalue weighted by Crippen LogP contribution is -2.25. The Labute approximate surface area is 163 Å². The zero-order valence-corrected chi connectivity index (χ0v) is 15.9. The number of benzene rings is 2. The number of aliphatic hydroxyl groups excluding tert-OH is 3. The first-order valence-electron chi connectivity index (χ1n) is 8.73. The van der Waals surface area contributed by atoms with Gasteiger partial charge in [-0.3, -0.25) is 0 Å². The highest BCUT2D eigenvalue weighted by Gasteiger charge is 2.12. The van der Waals surface area contributed by atoms with E-state index in [0.717, 1.165) is 0 Å². The van der Waals surface area contributed by atoms with Crippen molar-refractivity contribution in [2.75, 3.05) is 40.6 Å². The van der Waals surface area contributed by atoms with Crippen molar-refractivity contribution < 1.29 is 39.0 Å². The molecule has 0 aromatic heterocycles. The predicted molar refractivity (Wildman–Crippen MR) is 102 cm³/mol. The number of ether oxygens (including phenoxy) is 5. The second kappa shape index (κ2) is 11.2. The van der Waals surface area contributed by atoms with Crippen LogP contribution in [0.2, 0.25) is 0 Å². The Morgan fingerprint density at radius 3 is 1.96 bits per heavy atom. The molecule has 2 aromatic rings. The third-order valence-corrected chi connectivity index (χ3v) is 3.72. The zero-order valence-electron chi connectivity index (χ0n) is 15.9. The normalized spacial score (nSPS) is 12.8. The molecule has 154 valence electrons.